The van der Waals surface area contributed by atoms with Crippen LogP contribution in [0.3, 0.4) is 0 Å². The van der Waals surface area contributed by atoms with E-state index in [1.54, 1.807) is 14.0 Å². The number of likely N-dealkylation sites (tertiary alicyclic amines) is 1. The highest BCUT2D eigenvalue weighted by Gasteiger charge is 2.79. The molecular weight excluding hydrogens is 426 g/mol. The smallest absolute Gasteiger partial charge is 0.254 e. The fourth-order valence-corrected chi connectivity index (χ4v) is 8.44. The minimum atomic E-state index is -0.788. The van der Waals surface area contributed by atoms with Crippen LogP contribution in [-0.2, 0) is 21.4 Å². The van der Waals surface area contributed by atoms with Gasteiger partial charge in [0.2, 0.25) is 0 Å². The molecule has 5 nitrogen and oxygen atoms in total. The van der Waals surface area contributed by atoms with Crippen LogP contribution in [0, 0.1) is 18.3 Å². The van der Waals surface area contributed by atoms with Crippen molar-refractivity contribution in [1.82, 2.24) is 4.90 Å². The Kier molecular flexibility index (Phi) is 3.85. The summed E-state index contributed by atoms with van der Waals surface area (Å²) in [6.45, 7) is 4.45. The molecule has 2 aromatic rings. The molecule has 1 amide bonds. The molecule has 4 aliphatic carbocycles. The Balaban J connectivity index is 1.49. The minimum Gasteiger partial charge on any atom is -0.485 e. The van der Waals surface area contributed by atoms with Crippen molar-refractivity contribution >= 4 is 11.7 Å². The summed E-state index contributed by atoms with van der Waals surface area (Å²) in [7, 11) is 1.71. The zero-order chi connectivity index (χ0) is 23.5. The van der Waals surface area contributed by atoms with Crippen molar-refractivity contribution in [3.63, 3.8) is 0 Å². The lowest BCUT2D eigenvalue weighted by molar-refractivity contribution is -0.210. The Morgan fingerprint density at radius 1 is 1.12 bits per heavy atom. The molecule has 0 aromatic heterocycles. The Morgan fingerprint density at radius 3 is 2.65 bits per heavy atom. The monoisotopic (exact) mass is 455 g/mol. The van der Waals surface area contributed by atoms with Gasteiger partial charge in [0, 0.05) is 36.2 Å². The first-order valence-corrected chi connectivity index (χ1v) is 12.3. The van der Waals surface area contributed by atoms with Crippen LogP contribution in [0.4, 0.5) is 0 Å². The molecule has 1 saturated carbocycles. The summed E-state index contributed by atoms with van der Waals surface area (Å²) in [5.41, 5.74) is 2.99. The maximum atomic E-state index is 13.8. The Labute approximate surface area is 199 Å². The van der Waals surface area contributed by atoms with Crippen LogP contribution in [0.25, 0.3) is 0 Å². The van der Waals surface area contributed by atoms with E-state index in [0.29, 0.717) is 13.0 Å². The predicted octanol–water partition coefficient (Wildman–Crippen LogP) is 4.01. The first-order valence-electron chi connectivity index (χ1n) is 12.3. The van der Waals surface area contributed by atoms with Gasteiger partial charge in [0.15, 0.2) is 0 Å². The van der Waals surface area contributed by atoms with Gasteiger partial charge >= 0.3 is 0 Å². The lowest BCUT2D eigenvalue weighted by atomic mass is 9.37. The van der Waals surface area contributed by atoms with Crippen LogP contribution in [0.5, 0.6) is 5.75 Å². The topological polar surface area (TPSA) is 55.8 Å². The van der Waals surface area contributed by atoms with Crippen molar-refractivity contribution in [2.45, 2.75) is 56.3 Å². The number of nitrogens with zero attached hydrogens (tertiary/aromatic N) is 1. The van der Waals surface area contributed by atoms with Crippen molar-refractivity contribution in [2.75, 3.05) is 13.7 Å². The van der Waals surface area contributed by atoms with E-state index < -0.39 is 5.60 Å². The molecule has 0 radical (unpaired) electrons. The highest BCUT2D eigenvalue weighted by molar-refractivity contribution is 5.95. The van der Waals surface area contributed by atoms with E-state index >= 15 is 0 Å². The first-order chi connectivity index (χ1) is 16.4. The van der Waals surface area contributed by atoms with Gasteiger partial charge in [0.25, 0.3) is 5.91 Å². The van der Waals surface area contributed by atoms with Gasteiger partial charge in [-0.3, -0.25) is 9.59 Å². The molecule has 2 fully saturated rings. The number of aryl methyl sites for hydroxylation is 1. The molecular formula is C29H29NO4. The Hall–Kier alpha value is -2.92. The zero-order valence-electron chi connectivity index (χ0n) is 19.8. The number of hydrogen-bond acceptors (Lipinski definition) is 4. The van der Waals surface area contributed by atoms with Gasteiger partial charge in [-0.15, -0.1) is 0 Å². The van der Waals surface area contributed by atoms with E-state index in [0.717, 1.165) is 29.7 Å². The van der Waals surface area contributed by atoms with Gasteiger partial charge in [-0.2, -0.15) is 0 Å². The summed E-state index contributed by atoms with van der Waals surface area (Å²) < 4.78 is 13.1. The number of benzene rings is 2. The third kappa shape index (κ3) is 2.04. The number of methoxy groups -OCH3 is 1. The van der Waals surface area contributed by atoms with Gasteiger partial charge in [0.1, 0.15) is 23.2 Å². The van der Waals surface area contributed by atoms with Crippen LogP contribution in [0.1, 0.15) is 46.8 Å². The van der Waals surface area contributed by atoms with E-state index in [9.17, 15) is 9.59 Å². The SMILES string of the molecule is CO[C@]12C=C[C@@]3(C[C@@H]1C(C)=O)[C@H]1Cc4ccc(C)c5c4[C@@]3(CCN1C(=O)c1ccccc1)[C@H]2O5. The number of carbonyl (C=O) groups excluding carboxylic acids is 2. The number of Topliss-reactive ketones (excluding diaryl/α,β-unsaturated/α-hetero) is 1. The molecule has 2 aromatic carbocycles. The van der Waals surface area contributed by atoms with Gasteiger partial charge < -0.3 is 14.4 Å². The van der Waals surface area contributed by atoms with E-state index in [1.807, 2.05) is 30.3 Å². The predicted molar refractivity (Wildman–Crippen MR) is 127 cm³/mol. The lowest BCUT2D eigenvalue weighted by Crippen LogP contribution is -2.80. The number of carbonyl (C=O) groups is 2. The number of rotatable bonds is 3. The molecule has 1 saturated heterocycles. The number of ketones is 1. The van der Waals surface area contributed by atoms with Gasteiger partial charge in [-0.1, -0.05) is 42.5 Å². The van der Waals surface area contributed by atoms with Crippen molar-refractivity contribution in [3.8, 4) is 5.75 Å². The molecule has 2 spiro atoms. The number of ether oxygens (including phenoxy) is 2. The second-order valence-electron chi connectivity index (χ2n) is 10.8. The lowest BCUT2D eigenvalue weighted by Gasteiger charge is -2.70. The molecule has 6 atom stereocenters. The second kappa shape index (κ2) is 6.39. The fourth-order valence-electron chi connectivity index (χ4n) is 8.44. The van der Waals surface area contributed by atoms with Crippen LogP contribution in [0.15, 0.2) is 54.6 Å². The summed E-state index contributed by atoms with van der Waals surface area (Å²) >= 11 is 0. The third-order valence-electron chi connectivity index (χ3n) is 9.80. The number of amides is 1. The third-order valence-corrected chi connectivity index (χ3v) is 9.80. The Morgan fingerprint density at radius 2 is 1.91 bits per heavy atom. The van der Waals surface area contributed by atoms with Gasteiger partial charge in [0.05, 0.1) is 11.3 Å². The molecule has 174 valence electrons. The molecule has 8 rings (SSSR count). The van der Waals surface area contributed by atoms with Crippen molar-refractivity contribution in [2.24, 2.45) is 11.3 Å². The summed E-state index contributed by atoms with van der Waals surface area (Å²) in [6, 6.07) is 13.9. The van der Waals surface area contributed by atoms with Crippen molar-refractivity contribution < 1.29 is 19.1 Å². The van der Waals surface area contributed by atoms with Crippen LogP contribution in [0.2, 0.25) is 0 Å². The highest BCUT2D eigenvalue weighted by atomic mass is 16.6. The van der Waals surface area contributed by atoms with Gasteiger partial charge in [-0.25, -0.2) is 0 Å². The molecule has 4 bridgehead atoms. The number of fused-ring (bicyclic) bond motifs is 1. The number of piperidine rings is 1. The molecule has 0 unspecified atom stereocenters. The minimum absolute atomic E-state index is 0.0329. The van der Waals surface area contributed by atoms with E-state index in [-0.39, 0.29) is 40.6 Å². The maximum absolute atomic E-state index is 13.8. The molecule has 5 heteroatoms. The highest BCUT2D eigenvalue weighted by Crippen LogP contribution is 2.74. The van der Waals surface area contributed by atoms with Crippen molar-refractivity contribution in [1.29, 1.82) is 0 Å². The van der Waals surface area contributed by atoms with Crippen LogP contribution in [-0.4, -0.2) is 48.0 Å². The van der Waals surface area contributed by atoms with E-state index in [1.165, 1.54) is 11.1 Å². The molecule has 34 heavy (non-hydrogen) atoms. The van der Waals surface area contributed by atoms with Crippen LogP contribution >= 0.6 is 0 Å². The number of hydrogen-bond donors (Lipinski definition) is 0. The molecule has 0 N–H and O–H groups in total. The molecule has 6 aliphatic rings. The fraction of sp³-hybridized carbons (Fsp3) is 0.448. The quantitative estimate of drug-likeness (QED) is 0.656. The van der Waals surface area contributed by atoms with Crippen molar-refractivity contribution in [3.05, 3.63) is 76.9 Å². The van der Waals surface area contributed by atoms with Crippen LogP contribution < -0.4 is 4.74 Å². The maximum Gasteiger partial charge on any atom is 0.254 e. The summed E-state index contributed by atoms with van der Waals surface area (Å²) in [5, 5.41) is 0. The average Bonchev–Trinajstić information content (AvgIpc) is 3.22. The van der Waals surface area contributed by atoms with E-state index in [4.69, 9.17) is 9.47 Å². The summed E-state index contributed by atoms with van der Waals surface area (Å²) in [6.07, 6.45) is 6.41. The van der Waals surface area contributed by atoms with Gasteiger partial charge in [-0.05, 0) is 56.4 Å². The second-order valence-corrected chi connectivity index (χ2v) is 10.8. The normalized spacial score (nSPS) is 37.9. The largest absolute Gasteiger partial charge is 0.485 e. The zero-order valence-corrected chi connectivity index (χ0v) is 19.8. The summed E-state index contributed by atoms with van der Waals surface area (Å²) in [4.78, 5) is 29.0. The molecule has 2 heterocycles. The Bertz CT molecular complexity index is 1280. The summed E-state index contributed by atoms with van der Waals surface area (Å²) in [5.74, 6) is 0.873. The first kappa shape index (κ1) is 20.5. The standard InChI is InChI=1S/C29H29NO4/c1-17-9-10-20-15-22-27-11-12-29(33-3,21(16-27)18(2)31)26-28(27,23(20)24(17)34-26)13-14-30(22)25(32)19-7-5-4-6-8-19/h4-12,21-22,26H,13-16H2,1-3H3/t21-,22-,26-,27-,28+,29-/m1/s1. The van der Waals surface area contributed by atoms with E-state index in [2.05, 4.69) is 36.1 Å². The average molecular weight is 456 g/mol. The molecule has 2 aliphatic heterocycles.